The molecule has 0 radical (unpaired) electrons. The van der Waals surface area contributed by atoms with Crippen molar-refractivity contribution in [3.05, 3.63) is 23.7 Å². The molecule has 0 aromatic rings. The van der Waals surface area contributed by atoms with E-state index < -0.39 is 11.9 Å². The van der Waals surface area contributed by atoms with Gasteiger partial charge in [-0.1, -0.05) is 26.7 Å². The molecular formula is C12H18O5. The molecule has 0 bridgehead atoms. The molecule has 5 heteroatoms. The molecule has 0 saturated carbocycles. The minimum absolute atomic E-state index is 0.0367. The standard InChI is InChI=1S/C12H18O5/c1-3-5-9(7-13)11(15)17-12(16)10(8-14)6-4-2/h7-8,13-14H,3-6H2,1-2H3. The van der Waals surface area contributed by atoms with Crippen molar-refractivity contribution in [3.63, 3.8) is 0 Å². The average molecular weight is 242 g/mol. The quantitative estimate of drug-likeness (QED) is 0.323. The third kappa shape index (κ3) is 5.19. The largest absolute Gasteiger partial charge is 0.515 e. The maximum absolute atomic E-state index is 11.4. The Balaban J connectivity index is 4.52. The maximum atomic E-state index is 11.4. The second-order valence-corrected chi connectivity index (χ2v) is 3.49. The summed E-state index contributed by atoms with van der Waals surface area (Å²) in [5.41, 5.74) is 0.0734. The van der Waals surface area contributed by atoms with Crippen LogP contribution in [0.4, 0.5) is 0 Å². The molecule has 0 heterocycles. The fourth-order valence-corrected chi connectivity index (χ4v) is 1.19. The molecule has 0 aliphatic carbocycles. The van der Waals surface area contributed by atoms with Crippen LogP contribution in [0.2, 0.25) is 0 Å². The second kappa shape index (κ2) is 8.38. The van der Waals surface area contributed by atoms with Crippen LogP contribution in [-0.4, -0.2) is 22.2 Å². The lowest BCUT2D eigenvalue weighted by atomic mass is 10.1. The third-order valence-electron chi connectivity index (χ3n) is 2.06. The van der Waals surface area contributed by atoms with Gasteiger partial charge in [0.05, 0.1) is 23.7 Å². The first kappa shape index (κ1) is 15.2. The Hall–Kier alpha value is -1.78. The van der Waals surface area contributed by atoms with Gasteiger partial charge in [0.15, 0.2) is 0 Å². The van der Waals surface area contributed by atoms with Crippen LogP contribution in [-0.2, 0) is 14.3 Å². The molecule has 0 aliphatic heterocycles. The van der Waals surface area contributed by atoms with E-state index in [1.54, 1.807) is 0 Å². The van der Waals surface area contributed by atoms with Gasteiger partial charge in [0, 0.05) is 0 Å². The molecule has 0 spiro atoms. The Morgan fingerprint density at radius 1 is 0.941 bits per heavy atom. The zero-order chi connectivity index (χ0) is 13.3. The number of carbonyl (C=O) groups is 2. The Morgan fingerprint density at radius 2 is 1.29 bits per heavy atom. The van der Waals surface area contributed by atoms with Crippen molar-refractivity contribution in [2.75, 3.05) is 0 Å². The summed E-state index contributed by atoms with van der Waals surface area (Å²) in [7, 11) is 0. The fourth-order valence-electron chi connectivity index (χ4n) is 1.19. The maximum Gasteiger partial charge on any atom is 0.344 e. The van der Waals surface area contributed by atoms with Crippen molar-refractivity contribution >= 4 is 11.9 Å². The molecule has 2 N–H and O–H groups in total. The van der Waals surface area contributed by atoms with E-state index >= 15 is 0 Å². The lowest BCUT2D eigenvalue weighted by Gasteiger charge is -2.06. The molecule has 0 fully saturated rings. The van der Waals surface area contributed by atoms with Crippen molar-refractivity contribution < 1.29 is 24.5 Å². The number of rotatable bonds is 6. The topological polar surface area (TPSA) is 83.8 Å². The van der Waals surface area contributed by atoms with Crippen LogP contribution in [0.5, 0.6) is 0 Å². The molecule has 5 nitrogen and oxygen atoms in total. The zero-order valence-electron chi connectivity index (χ0n) is 10.1. The smallest absolute Gasteiger partial charge is 0.344 e. The van der Waals surface area contributed by atoms with Gasteiger partial charge < -0.3 is 14.9 Å². The van der Waals surface area contributed by atoms with E-state index in [1.807, 2.05) is 13.8 Å². The van der Waals surface area contributed by atoms with Crippen molar-refractivity contribution in [2.24, 2.45) is 0 Å². The number of ether oxygens (including phenoxy) is 1. The highest BCUT2D eigenvalue weighted by atomic mass is 16.6. The summed E-state index contributed by atoms with van der Waals surface area (Å²) in [6.07, 6.45) is 3.23. The van der Waals surface area contributed by atoms with Crippen molar-refractivity contribution in [3.8, 4) is 0 Å². The van der Waals surface area contributed by atoms with E-state index in [9.17, 15) is 9.59 Å². The molecular weight excluding hydrogens is 224 g/mol. The molecule has 0 amide bonds. The van der Waals surface area contributed by atoms with Crippen LogP contribution in [0.25, 0.3) is 0 Å². The van der Waals surface area contributed by atoms with Gasteiger partial charge in [-0.3, -0.25) is 0 Å². The minimum atomic E-state index is -0.880. The van der Waals surface area contributed by atoms with Gasteiger partial charge in [-0.15, -0.1) is 0 Å². The molecule has 0 rings (SSSR count). The van der Waals surface area contributed by atoms with Crippen LogP contribution in [0, 0.1) is 0 Å². The summed E-state index contributed by atoms with van der Waals surface area (Å²) in [5.74, 6) is -1.76. The van der Waals surface area contributed by atoms with E-state index in [0.29, 0.717) is 38.2 Å². The minimum Gasteiger partial charge on any atom is -0.515 e. The summed E-state index contributed by atoms with van der Waals surface area (Å²) in [4.78, 5) is 22.8. The monoisotopic (exact) mass is 242 g/mol. The van der Waals surface area contributed by atoms with Crippen LogP contribution in [0.1, 0.15) is 39.5 Å². The number of aliphatic hydroxyl groups is 2. The Labute approximate surface area is 100 Å². The van der Waals surface area contributed by atoms with Gasteiger partial charge >= 0.3 is 11.9 Å². The average Bonchev–Trinajstić information content (AvgIpc) is 2.32. The van der Waals surface area contributed by atoms with E-state index in [4.69, 9.17) is 10.2 Å². The molecule has 0 aromatic heterocycles. The highest BCUT2D eigenvalue weighted by Gasteiger charge is 2.18. The van der Waals surface area contributed by atoms with E-state index in [0.717, 1.165) is 0 Å². The number of carbonyl (C=O) groups excluding carboxylic acids is 2. The number of esters is 2. The molecule has 0 aliphatic rings. The first-order valence-corrected chi connectivity index (χ1v) is 5.53. The highest BCUT2D eigenvalue weighted by molar-refractivity contribution is 6.01. The number of hydrogen-bond acceptors (Lipinski definition) is 5. The number of aliphatic hydroxyl groups excluding tert-OH is 2. The summed E-state index contributed by atoms with van der Waals surface area (Å²) in [5, 5.41) is 17.6. The summed E-state index contributed by atoms with van der Waals surface area (Å²) >= 11 is 0. The summed E-state index contributed by atoms with van der Waals surface area (Å²) < 4.78 is 4.53. The van der Waals surface area contributed by atoms with Crippen LogP contribution < -0.4 is 0 Å². The normalized spacial score (nSPS) is 12.4. The lowest BCUT2D eigenvalue weighted by Crippen LogP contribution is -2.16. The van der Waals surface area contributed by atoms with E-state index in [-0.39, 0.29) is 11.1 Å². The Kier molecular flexibility index (Phi) is 7.50. The van der Waals surface area contributed by atoms with Gasteiger partial charge in [0.1, 0.15) is 0 Å². The predicted molar refractivity (Wildman–Crippen MR) is 62.3 cm³/mol. The van der Waals surface area contributed by atoms with Crippen molar-refractivity contribution in [1.29, 1.82) is 0 Å². The number of hydrogen-bond donors (Lipinski definition) is 2. The van der Waals surface area contributed by atoms with Crippen molar-refractivity contribution in [2.45, 2.75) is 39.5 Å². The molecule has 0 atom stereocenters. The fraction of sp³-hybridized carbons (Fsp3) is 0.500. The lowest BCUT2D eigenvalue weighted by molar-refractivity contribution is -0.154. The zero-order valence-corrected chi connectivity index (χ0v) is 10.1. The summed E-state index contributed by atoms with van der Waals surface area (Å²) in [6, 6.07) is 0. The Bertz CT molecular complexity index is 296. The predicted octanol–water partition coefficient (Wildman–Crippen LogP) is 2.54. The molecule has 0 aromatic carbocycles. The van der Waals surface area contributed by atoms with Crippen LogP contribution in [0.3, 0.4) is 0 Å². The third-order valence-corrected chi connectivity index (χ3v) is 2.06. The molecule has 0 unspecified atom stereocenters. The van der Waals surface area contributed by atoms with Gasteiger partial charge in [0.2, 0.25) is 0 Å². The summed E-state index contributed by atoms with van der Waals surface area (Å²) in [6.45, 7) is 3.66. The highest BCUT2D eigenvalue weighted by Crippen LogP contribution is 2.11. The van der Waals surface area contributed by atoms with Gasteiger partial charge in [-0.2, -0.15) is 0 Å². The van der Waals surface area contributed by atoms with E-state index in [1.165, 1.54) is 0 Å². The van der Waals surface area contributed by atoms with Gasteiger partial charge in [-0.25, -0.2) is 9.59 Å². The molecule has 0 saturated heterocycles. The van der Waals surface area contributed by atoms with Gasteiger partial charge in [-0.05, 0) is 12.8 Å². The first-order valence-electron chi connectivity index (χ1n) is 5.53. The van der Waals surface area contributed by atoms with E-state index in [2.05, 4.69) is 4.74 Å². The SMILES string of the molecule is CCCC(=CO)C(=O)OC(=O)C(=CO)CCC. The first-order chi connectivity index (χ1) is 8.10. The Morgan fingerprint density at radius 3 is 1.53 bits per heavy atom. The molecule has 96 valence electrons. The van der Waals surface area contributed by atoms with Crippen LogP contribution in [0.15, 0.2) is 23.7 Å². The van der Waals surface area contributed by atoms with Crippen LogP contribution >= 0.6 is 0 Å². The second-order valence-electron chi connectivity index (χ2n) is 3.49. The molecule has 17 heavy (non-hydrogen) atoms. The van der Waals surface area contributed by atoms with Crippen molar-refractivity contribution in [1.82, 2.24) is 0 Å². The van der Waals surface area contributed by atoms with Gasteiger partial charge in [0.25, 0.3) is 0 Å².